The molecule has 0 spiro atoms. The fourth-order valence-corrected chi connectivity index (χ4v) is 1.50. The topological polar surface area (TPSA) is 174 Å². The second-order valence-corrected chi connectivity index (χ2v) is 4.29. The lowest BCUT2D eigenvalue weighted by Crippen LogP contribution is -2.42. The fourth-order valence-electron chi connectivity index (χ4n) is 1.50. The van der Waals surface area contributed by atoms with Crippen molar-refractivity contribution in [1.29, 1.82) is 0 Å². The quantitative estimate of drug-likeness (QED) is 0.497. The number of fused-ring (bicyclic) bond motifs is 1. The molecule has 10 heteroatoms. The monoisotopic (exact) mass is 311 g/mol. The molecule has 2 rings (SSSR count). The zero-order valence-electron chi connectivity index (χ0n) is 11.1. The van der Waals surface area contributed by atoms with E-state index in [1.54, 1.807) is 0 Å². The van der Waals surface area contributed by atoms with Crippen molar-refractivity contribution >= 4 is 28.9 Å². The summed E-state index contributed by atoms with van der Waals surface area (Å²) in [6.45, 7) is 0. The number of aliphatic hydroxyl groups is 1. The molecule has 0 saturated carbocycles. The molecule has 5 N–H and O–H groups in total. The largest absolute Gasteiger partial charge is 0.481 e. The van der Waals surface area contributed by atoms with Gasteiger partial charge in [-0.25, -0.2) is 4.79 Å². The average Bonchev–Trinajstić information content (AvgIpc) is 2.85. The van der Waals surface area contributed by atoms with Gasteiger partial charge in [0.15, 0.2) is 5.60 Å². The van der Waals surface area contributed by atoms with Crippen molar-refractivity contribution in [2.75, 3.05) is 0 Å². The van der Waals surface area contributed by atoms with Gasteiger partial charge in [-0.1, -0.05) is 12.1 Å². The summed E-state index contributed by atoms with van der Waals surface area (Å²) in [5, 5.41) is 44.1. The number of nitrogens with zero attached hydrogens (tertiary/aromatic N) is 2. The number of H-pyrrole nitrogens is 1. The van der Waals surface area contributed by atoms with Crippen LogP contribution < -0.4 is 0 Å². The molecular weight excluding hydrogens is 298 g/mol. The molecule has 0 aliphatic heterocycles. The van der Waals surface area contributed by atoms with Gasteiger partial charge < -0.3 is 20.4 Å². The first kappa shape index (κ1) is 17.0. The van der Waals surface area contributed by atoms with Gasteiger partial charge >= 0.3 is 17.9 Å². The van der Waals surface area contributed by atoms with Gasteiger partial charge in [-0.15, -0.1) is 0 Å². The van der Waals surface area contributed by atoms with Gasteiger partial charge in [-0.3, -0.25) is 9.59 Å². The Kier molecular flexibility index (Phi) is 5.52. The molecule has 0 radical (unpaired) electrons. The molecule has 22 heavy (non-hydrogen) atoms. The lowest BCUT2D eigenvalue weighted by molar-refractivity contribution is -0.170. The Balaban J connectivity index is 0.000000231. The van der Waals surface area contributed by atoms with Crippen LogP contribution in [0.25, 0.3) is 11.0 Å². The van der Waals surface area contributed by atoms with Gasteiger partial charge in [0.25, 0.3) is 0 Å². The van der Waals surface area contributed by atoms with Crippen LogP contribution >= 0.6 is 0 Å². The SMILES string of the molecule is O=C(O)CC(O)(CC(=O)O)C(=O)O.c1ccc2n[nH]nc2c1. The summed E-state index contributed by atoms with van der Waals surface area (Å²) in [5.74, 6) is -5.02. The summed E-state index contributed by atoms with van der Waals surface area (Å²) >= 11 is 0. The zero-order valence-corrected chi connectivity index (χ0v) is 11.1. The molecule has 2 aromatic rings. The predicted molar refractivity (Wildman–Crippen MR) is 71.0 cm³/mol. The van der Waals surface area contributed by atoms with Gasteiger partial charge in [-0.2, -0.15) is 15.4 Å². The van der Waals surface area contributed by atoms with Crippen molar-refractivity contribution in [2.24, 2.45) is 0 Å². The molecule has 1 aromatic heterocycles. The highest BCUT2D eigenvalue weighted by molar-refractivity contribution is 5.88. The van der Waals surface area contributed by atoms with Crippen LogP contribution in [-0.2, 0) is 14.4 Å². The van der Waals surface area contributed by atoms with E-state index in [4.69, 9.17) is 20.4 Å². The van der Waals surface area contributed by atoms with Crippen molar-refractivity contribution in [1.82, 2.24) is 15.4 Å². The number of carboxylic acids is 3. The van der Waals surface area contributed by atoms with Crippen molar-refractivity contribution in [2.45, 2.75) is 18.4 Å². The Morgan fingerprint density at radius 3 is 1.68 bits per heavy atom. The highest BCUT2D eigenvalue weighted by Crippen LogP contribution is 2.15. The Hall–Kier alpha value is -3.01. The molecule has 10 nitrogen and oxygen atoms in total. The first-order valence-electron chi connectivity index (χ1n) is 5.89. The number of carboxylic acid groups (broad SMARTS) is 3. The highest BCUT2D eigenvalue weighted by atomic mass is 16.4. The van der Waals surface area contributed by atoms with Crippen LogP contribution in [-0.4, -0.2) is 59.3 Å². The summed E-state index contributed by atoms with van der Waals surface area (Å²) in [4.78, 5) is 30.5. The van der Waals surface area contributed by atoms with E-state index in [-0.39, 0.29) is 0 Å². The van der Waals surface area contributed by atoms with Gasteiger partial charge in [-0.05, 0) is 12.1 Å². The van der Waals surface area contributed by atoms with E-state index < -0.39 is 36.4 Å². The van der Waals surface area contributed by atoms with E-state index in [1.807, 2.05) is 24.3 Å². The van der Waals surface area contributed by atoms with Crippen molar-refractivity contribution in [3.05, 3.63) is 24.3 Å². The molecule has 0 aliphatic carbocycles. The molecule has 1 aromatic carbocycles. The third-order valence-corrected chi connectivity index (χ3v) is 2.51. The van der Waals surface area contributed by atoms with Gasteiger partial charge in [0.2, 0.25) is 0 Å². The maximum atomic E-state index is 10.3. The number of hydrogen-bond acceptors (Lipinski definition) is 6. The zero-order chi connectivity index (χ0) is 16.8. The van der Waals surface area contributed by atoms with Crippen molar-refractivity contribution < 1.29 is 34.8 Å². The minimum atomic E-state index is -2.74. The molecule has 0 amide bonds. The van der Waals surface area contributed by atoms with Crippen LogP contribution in [0.4, 0.5) is 0 Å². The molecule has 0 unspecified atom stereocenters. The Labute approximate surface area is 123 Å². The minimum Gasteiger partial charge on any atom is -0.481 e. The lowest BCUT2D eigenvalue weighted by Gasteiger charge is -2.18. The van der Waals surface area contributed by atoms with Crippen LogP contribution in [0.15, 0.2) is 24.3 Å². The van der Waals surface area contributed by atoms with Gasteiger partial charge in [0, 0.05) is 0 Å². The maximum Gasteiger partial charge on any atom is 0.336 e. The van der Waals surface area contributed by atoms with Crippen LogP contribution in [0.2, 0.25) is 0 Å². The number of aromatic nitrogens is 3. The smallest absolute Gasteiger partial charge is 0.336 e. The number of hydrogen-bond donors (Lipinski definition) is 5. The van der Waals surface area contributed by atoms with Gasteiger partial charge in [0.05, 0.1) is 12.8 Å². The molecule has 0 aliphatic rings. The van der Waals surface area contributed by atoms with E-state index in [1.165, 1.54) is 0 Å². The Morgan fingerprint density at radius 2 is 1.36 bits per heavy atom. The third-order valence-electron chi connectivity index (χ3n) is 2.51. The van der Waals surface area contributed by atoms with Crippen LogP contribution in [0, 0.1) is 0 Å². The highest BCUT2D eigenvalue weighted by Gasteiger charge is 2.40. The first-order chi connectivity index (χ1) is 10.2. The van der Waals surface area contributed by atoms with E-state index in [9.17, 15) is 14.4 Å². The molecule has 0 fully saturated rings. The van der Waals surface area contributed by atoms with E-state index in [0.29, 0.717) is 0 Å². The number of benzene rings is 1. The number of aromatic amines is 1. The van der Waals surface area contributed by atoms with Gasteiger partial charge in [0.1, 0.15) is 11.0 Å². The summed E-state index contributed by atoms with van der Waals surface area (Å²) in [6.07, 6.45) is -2.29. The summed E-state index contributed by atoms with van der Waals surface area (Å²) in [5.41, 5.74) is -0.910. The predicted octanol–water partition coefficient (Wildman–Crippen LogP) is -0.291. The molecule has 1 heterocycles. The van der Waals surface area contributed by atoms with Crippen molar-refractivity contribution in [3.63, 3.8) is 0 Å². The minimum absolute atomic E-state index is 0.914. The van der Waals surface area contributed by atoms with Crippen molar-refractivity contribution in [3.8, 4) is 0 Å². The summed E-state index contributed by atoms with van der Waals surface area (Å²) < 4.78 is 0. The Bertz CT molecular complexity index is 636. The fraction of sp³-hybridized carbons (Fsp3) is 0.250. The average molecular weight is 311 g/mol. The summed E-state index contributed by atoms with van der Waals surface area (Å²) in [7, 11) is 0. The Morgan fingerprint density at radius 1 is 0.955 bits per heavy atom. The second kappa shape index (κ2) is 7.13. The third kappa shape index (κ3) is 4.83. The van der Waals surface area contributed by atoms with Crippen LogP contribution in [0.5, 0.6) is 0 Å². The summed E-state index contributed by atoms with van der Waals surface area (Å²) in [6, 6.07) is 7.70. The molecule has 0 bridgehead atoms. The number of aliphatic carboxylic acids is 3. The molecule has 0 atom stereocenters. The first-order valence-corrected chi connectivity index (χ1v) is 5.89. The standard InChI is InChI=1S/C6H5N3.C6H8O7/c1-2-4-6-5(3-1)7-9-8-6;7-3(8)1-6(13,5(11)12)2-4(9)10/h1-4H,(H,7,8,9);13H,1-2H2,(H,7,8)(H,9,10)(H,11,12). The number of para-hydroxylation sites is 2. The van der Waals surface area contributed by atoms with Crippen LogP contribution in [0.3, 0.4) is 0 Å². The number of carbonyl (C=O) groups is 3. The van der Waals surface area contributed by atoms with E-state index >= 15 is 0 Å². The molecule has 0 saturated heterocycles. The number of nitrogens with one attached hydrogen (secondary N) is 1. The second-order valence-electron chi connectivity index (χ2n) is 4.29. The van der Waals surface area contributed by atoms with E-state index in [2.05, 4.69) is 15.4 Å². The molecular formula is C12H13N3O7. The lowest BCUT2D eigenvalue weighted by atomic mass is 9.96. The number of rotatable bonds is 5. The molecule has 118 valence electrons. The van der Waals surface area contributed by atoms with Crippen LogP contribution in [0.1, 0.15) is 12.8 Å². The maximum absolute atomic E-state index is 10.3. The normalized spacial score (nSPS) is 10.6. The van der Waals surface area contributed by atoms with E-state index in [0.717, 1.165) is 11.0 Å².